The molecule has 0 radical (unpaired) electrons. The lowest BCUT2D eigenvalue weighted by molar-refractivity contribution is 0.503. The van der Waals surface area contributed by atoms with Crippen molar-refractivity contribution in [2.45, 2.75) is 32.7 Å². The minimum absolute atomic E-state index is 0. The first-order valence-corrected chi connectivity index (χ1v) is 8.17. The van der Waals surface area contributed by atoms with Gasteiger partial charge in [-0.2, -0.15) is 5.10 Å². The third-order valence-corrected chi connectivity index (χ3v) is 3.97. The Hall–Kier alpha value is -1.64. The Kier molecular flexibility index (Phi) is 8.34. The smallest absolute Gasteiger partial charge is 0.191 e. The number of hydrogen-bond acceptors (Lipinski definition) is 2. The summed E-state index contributed by atoms with van der Waals surface area (Å²) in [6.45, 7) is 8.16. The summed E-state index contributed by atoms with van der Waals surface area (Å²) in [5, 5.41) is 10.7. The molecule has 1 heterocycles. The van der Waals surface area contributed by atoms with Crippen molar-refractivity contribution in [2.24, 2.45) is 12.0 Å². The van der Waals surface area contributed by atoms with Crippen molar-refractivity contribution >= 4 is 29.9 Å². The molecule has 0 unspecified atom stereocenters. The van der Waals surface area contributed by atoms with E-state index in [9.17, 15) is 4.39 Å². The Balaban J connectivity index is 0.00000312. The Labute approximate surface area is 166 Å². The maximum atomic E-state index is 13.5. The zero-order valence-corrected chi connectivity index (χ0v) is 17.5. The molecular formula is C18H27FIN5. The van der Waals surface area contributed by atoms with Gasteiger partial charge in [-0.15, -0.1) is 24.0 Å². The van der Waals surface area contributed by atoms with E-state index in [-0.39, 0.29) is 35.2 Å². The summed E-state index contributed by atoms with van der Waals surface area (Å²) in [6, 6.07) is 8.69. The summed E-state index contributed by atoms with van der Waals surface area (Å²) >= 11 is 0. The van der Waals surface area contributed by atoms with Crippen LogP contribution in [0.25, 0.3) is 0 Å². The van der Waals surface area contributed by atoms with Crippen molar-refractivity contribution in [3.05, 3.63) is 53.6 Å². The lowest BCUT2D eigenvalue weighted by Gasteiger charge is -2.27. The van der Waals surface area contributed by atoms with Crippen LogP contribution in [-0.4, -0.2) is 28.8 Å². The maximum Gasteiger partial charge on any atom is 0.191 e. The Morgan fingerprint density at radius 1 is 1.28 bits per heavy atom. The summed E-state index contributed by atoms with van der Waals surface area (Å²) in [5.41, 5.74) is 1.78. The largest absolute Gasteiger partial charge is 0.357 e. The van der Waals surface area contributed by atoms with E-state index in [0.29, 0.717) is 13.1 Å². The zero-order chi connectivity index (χ0) is 17.6. The second-order valence-electron chi connectivity index (χ2n) is 6.39. The molecule has 2 rings (SSSR count). The van der Waals surface area contributed by atoms with Crippen molar-refractivity contribution in [1.82, 2.24) is 20.4 Å². The first kappa shape index (κ1) is 21.4. The predicted octanol–water partition coefficient (Wildman–Crippen LogP) is 3.21. The van der Waals surface area contributed by atoms with Crippen LogP contribution in [0.3, 0.4) is 0 Å². The van der Waals surface area contributed by atoms with Crippen LogP contribution in [-0.2, 0) is 19.0 Å². The number of hydrogen-bond donors (Lipinski definition) is 2. The van der Waals surface area contributed by atoms with Gasteiger partial charge in [0.15, 0.2) is 5.96 Å². The molecule has 0 spiro atoms. The van der Waals surface area contributed by atoms with Crippen LogP contribution in [0.4, 0.5) is 4.39 Å². The first-order valence-electron chi connectivity index (χ1n) is 8.17. The zero-order valence-electron chi connectivity index (χ0n) is 15.2. The molecule has 138 valence electrons. The van der Waals surface area contributed by atoms with E-state index in [4.69, 9.17) is 0 Å². The fourth-order valence-electron chi connectivity index (χ4n) is 2.37. The normalized spacial score (nSPS) is 11.8. The molecule has 25 heavy (non-hydrogen) atoms. The molecule has 0 bridgehead atoms. The van der Waals surface area contributed by atoms with Gasteiger partial charge in [0.1, 0.15) is 5.82 Å². The molecule has 0 aliphatic carbocycles. The highest BCUT2D eigenvalue weighted by atomic mass is 127. The molecule has 5 nitrogen and oxygen atoms in total. The number of aliphatic imine (C=N–C) groups is 1. The van der Waals surface area contributed by atoms with Crippen molar-refractivity contribution in [3.63, 3.8) is 0 Å². The quantitative estimate of drug-likeness (QED) is 0.397. The highest BCUT2D eigenvalue weighted by Gasteiger charge is 2.21. The summed E-state index contributed by atoms with van der Waals surface area (Å²) in [4.78, 5) is 4.59. The minimum Gasteiger partial charge on any atom is -0.357 e. The number of benzene rings is 1. The second kappa shape index (κ2) is 9.74. The van der Waals surface area contributed by atoms with E-state index in [2.05, 4.69) is 34.6 Å². The second-order valence-corrected chi connectivity index (χ2v) is 6.39. The monoisotopic (exact) mass is 459 g/mol. The van der Waals surface area contributed by atoms with Gasteiger partial charge in [-0.25, -0.2) is 9.38 Å². The summed E-state index contributed by atoms with van der Waals surface area (Å²) in [6.07, 6.45) is 1.76. The average Bonchev–Trinajstić information content (AvgIpc) is 2.95. The molecule has 2 aromatic rings. The van der Waals surface area contributed by atoms with E-state index in [1.54, 1.807) is 18.3 Å². The van der Waals surface area contributed by atoms with Gasteiger partial charge in [0, 0.05) is 31.7 Å². The van der Waals surface area contributed by atoms with Crippen LogP contribution < -0.4 is 10.6 Å². The van der Waals surface area contributed by atoms with E-state index in [0.717, 1.165) is 23.8 Å². The van der Waals surface area contributed by atoms with Crippen LogP contribution in [0, 0.1) is 5.82 Å². The third kappa shape index (κ3) is 6.30. The van der Waals surface area contributed by atoms with Gasteiger partial charge in [0.2, 0.25) is 0 Å². The minimum atomic E-state index is -0.217. The lowest BCUT2D eigenvalue weighted by atomic mass is 9.84. The molecule has 7 heteroatoms. The van der Waals surface area contributed by atoms with Gasteiger partial charge < -0.3 is 10.6 Å². The maximum absolute atomic E-state index is 13.5. The number of nitrogens with one attached hydrogen (secondary N) is 2. The Morgan fingerprint density at radius 2 is 2.04 bits per heavy atom. The fraction of sp³-hybridized carbons (Fsp3) is 0.444. The van der Waals surface area contributed by atoms with Gasteiger partial charge >= 0.3 is 0 Å². The van der Waals surface area contributed by atoms with Crippen molar-refractivity contribution in [2.75, 3.05) is 13.1 Å². The average molecular weight is 459 g/mol. The Bertz CT molecular complexity index is 696. The van der Waals surface area contributed by atoms with Crippen molar-refractivity contribution in [1.29, 1.82) is 0 Å². The van der Waals surface area contributed by atoms with Gasteiger partial charge in [0.25, 0.3) is 0 Å². The molecule has 0 fully saturated rings. The van der Waals surface area contributed by atoms with Gasteiger partial charge in [-0.3, -0.25) is 4.68 Å². The highest BCUT2D eigenvalue weighted by Crippen LogP contribution is 2.22. The molecule has 2 N–H and O–H groups in total. The topological polar surface area (TPSA) is 54.2 Å². The molecule has 0 saturated heterocycles. The number of halogens is 2. The molecule has 0 saturated carbocycles. The number of aryl methyl sites for hydroxylation is 1. The molecule has 1 aromatic carbocycles. The van der Waals surface area contributed by atoms with E-state index in [1.165, 1.54) is 6.07 Å². The van der Waals surface area contributed by atoms with Crippen LogP contribution >= 0.6 is 24.0 Å². The van der Waals surface area contributed by atoms with Gasteiger partial charge in [-0.05, 0) is 30.7 Å². The van der Waals surface area contributed by atoms with Gasteiger partial charge in [0.05, 0.1) is 12.2 Å². The fourth-order valence-corrected chi connectivity index (χ4v) is 2.37. The molecule has 0 atom stereocenters. The number of aromatic nitrogens is 2. The SMILES string of the molecule is CCNC(=NCc1ccnn1C)NCC(C)(C)c1cccc(F)c1.I. The van der Waals surface area contributed by atoms with Crippen LogP contribution in [0.1, 0.15) is 32.0 Å². The molecule has 0 aliphatic rings. The van der Waals surface area contributed by atoms with Crippen molar-refractivity contribution in [3.8, 4) is 0 Å². The van der Waals surface area contributed by atoms with Gasteiger partial charge in [-0.1, -0.05) is 26.0 Å². The number of nitrogens with zero attached hydrogens (tertiary/aromatic N) is 3. The Morgan fingerprint density at radius 3 is 2.64 bits per heavy atom. The molecule has 0 amide bonds. The van der Waals surface area contributed by atoms with Crippen molar-refractivity contribution < 1.29 is 4.39 Å². The predicted molar refractivity (Wildman–Crippen MR) is 111 cm³/mol. The third-order valence-electron chi connectivity index (χ3n) is 3.97. The number of guanidine groups is 1. The van der Waals surface area contributed by atoms with E-state index >= 15 is 0 Å². The summed E-state index contributed by atoms with van der Waals surface area (Å²) < 4.78 is 15.3. The molecule has 0 aliphatic heterocycles. The van der Waals surface area contributed by atoms with Crippen LogP contribution in [0.5, 0.6) is 0 Å². The lowest BCUT2D eigenvalue weighted by Crippen LogP contribution is -2.43. The van der Waals surface area contributed by atoms with Crippen LogP contribution in [0.15, 0.2) is 41.5 Å². The summed E-state index contributed by atoms with van der Waals surface area (Å²) in [5.74, 6) is 0.528. The highest BCUT2D eigenvalue weighted by molar-refractivity contribution is 14.0. The first-order chi connectivity index (χ1) is 11.4. The number of rotatable bonds is 6. The van der Waals surface area contributed by atoms with E-state index < -0.39 is 0 Å². The standard InChI is InChI=1S/C18H26FN5.HI/c1-5-20-17(21-12-16-9-10-23-24(16)4)22-13-18(2,3)14-7-6-8-15(19)11-14;/h6-11H,5,12-13H2,1-4H3,(H2,20,21,22);1H. The molecular weight excluding hydrogens is 432 g/mol. The van der Waals surface area contributed by atoms with Crippen LogP contribution in [0.2, 0.25) is 0 Å². The summed E-state index contributed by atoms with van der Waals surface area (Å²) in [7, 11) is 1.90. The molecule has 1 aromatic heterocycles. The van der Waals surface area contributed by atoms with E-state index in [1.807, 2.05) is 30.8 Å².